The number of hydrogen-bond acceptors (Lipinski definition) is 4. The zero-order chi connectivity index (χ0) is 15.9. The van der Waals surface area contributed by atoms with Crippen LogP contribution in [-0.2, 0) is 4.74 Å². The van der Waals surface area contributed by atoms with Gasteiger partial charge in [0.05, 0.1) is 12.7 Å². The topological polar surface area (TPSA) is 35.9 Å². The van der Waals surface area contributed by atoms with Gasteiger partial charge in [0.1, 0.15) is 0 Å². The Morgan fingerprint density at radius 1 is 1.32 bits per heavy atom. The first-order valence-corrected chi connectivity index (χ1v) is 8.44. The Morgan fingerprint density at radius 3 is 2.55 bits per heavy atom. The summed E-state index contributed by atoms with van der Waals surface area (Å²) in [6.45, 7) is 5.77. The Bertz CT molecular complexity index is 433. The predicted molar refractivity (Wildman–Crippen MR) is 91.8 cm³/mol. The average molecular weight is 327 g/mol. The summed E-state index contributed by atoms with van der Waals surface area (Å²) in [4.78, 5) is 4.67. The smallest absolute Gasteiger partial charge is 0.0900 e. The number of hydrogen-bond donors (Lipinski definition) is 1. The van der Waals surface area contributed by atoms with E-state index in [4.69, 9.17) is 16.3 Å². The van der Waals surface area contributed by atoms with E-state index in [1.165, 1.54) is 5.69 Å². The van der Waals surface area contributed by atoms with Crippen molar-refractivity contribution in [1.29, 1.82) is 0 Å². The van der Waals surface area contributed by atoms with Gasteiger partial charge < -0.3 is 19.6 Å². The number of anilines is 1. The molecule has 1 heterocycles. The van der Waals surface area contributed by atoms with Crippen molar-refractivity contribution in [3.05, 3.63) is 29.3 Å². The lowest BCUT2D eigenvalue weighted by atomic mass is 10.0. The van der Waals surface area contributed by atoms with Gasteiger partial charge in [0.2, 0.25) is 0 Å². The monoisotopic (exact) mass is 326 g/mol. The molecule has 0 amide bonds. The minimum Gasteiger partial charge on any atom is -0.389 e. The number of likely N-dealkylation sites (N-methyl/N-ethyl adjacent to an activating group) is 1. The summed E-state index contributed by atoms with van der Waals surface area (Å²) < 4.78 is 5.27. The van der Waals surface area contributed by atoms with Crippen LogP contribution in [0.2, 0.25) is 5.02 Å². The fourth-order valence-electron chi connectivity index (χ4n) is 3.00. The summed E-state index contributed by atoms with van der Waals surface area (Å²) in [7, 11) is 2.10. The molecule has 0 spiro atoms. The van der Waals surface area contributed by atoms with Crippen molar-refractivity contribution in [1.82, 2.24) is 4.90 Å². The van der Waals surface area contributed by atoms with Crippen LogP contribution in [0.4, 0.5) is 5.69 Å². The van der Waals surface area contributed by atoms with E-state index in [1.54, 1.807) is 0 Å². The number of piperidine rings is 1. The lowest BCUT2D eigenvalue weighted by Crippen LogP contribution is -2.46. The number of rotatable bonds is 7. The van der Waals surface area contributed by atoms with Crippen LogP contribution >= 0.6 is 11.6 Å². The van der Waals surface area contributed by atoms with Crippen LogP contribution in [0.25, 0.3) is 0 Å². The van der Waals surface area contributed by atoms with Crippen molar-refractivity contribution in [3.63, 3.8) is 0 Å². The minimum atomic E-state index is -0.403. The molecule has 0 bridgehead atoms. The Kier molecular flexibility index (Phi) is 6.96. The first-order valence-electron chi connectivity index (χ1n) is 8.06. The lowest BCUT2D eigenvalue weighted by Gasteiger charge is -2.38. The first kappa shape index (κ1) is 17.5. The van der Waals surface area contributed by atoms with Gasteiger partial charge in [-0.2, -0.15) is 0 Å². The molecular weight excluding hydrogens is 300 g/mol. The molecule has 1 aromatic carbocycles. The molecule has 0 radical (unpaired) electrons. The van der Waals surface area contributed by atoms with Gasteiger partial charge in [0.25, 0.3) is 0 Å². The van der Waals surface area contributed by atoms with Crippen molar-refractivity contribution < 1.29 is 9.84 Å². The third kappa shape index (κ3) is 5.13. The summed E-state index contributed by atoms with van der Waals surface area (Å²) >= 11 is 5.94. The highest BCUT2D eigenvalue weighted by Crippen LogP contribution is 2.23. The average Bonchev–Trinajstić information content (AvgIpc) is 2.54. The van der Waals surface area contributed by atoms with E-state index in [0.717, 1.165) is 31.0 Å². The molecule has 1 saturated heterocycles. The lowest BCUT2D eigenvalue weighted by molar-refractivity contribution is 0.0163. The van der Waals surface area contributed by atoms with Crippen molar-refractivity contribution in [2.75, 3.05) is 44.8 Å². The van der Waals surface area contributed by atoms with Gasteiger partial charge in [-0.05, 0) is 51.1 Å². The Morgan fingerprint density at radius 2 is 1.95 bits per heavy atom. The molecule has 124 valence electrons. The first-order chi connectivity index (χ1) is 10.6. The molecule has 1 aliphatic heterocycles. The van der Waals surface area contributed by atoms with Crippen LogP contribution in [-0.4, -0.2) is 62.0 Å². The largest absolute Gasteiger partial charge is 0.389 e. The molecule has 1 N–H and O–H groups in total. The maximum absolute atomic E-state index is 9.95. The molecule has 0 aromatic heterocycles. The molecule has 0 aliphatic carbocycles. The summed E-state index contributed by atoms with van der Waals surface area (Å²) in [6.07, 6.45) is 1.82. The Hall–Kier alpha value is -0.810. The van der Waals surface area contributed by atoms with E-state index in [2.05, 4.69) is 29.0 Å². The number of aliphatic hydroxyl groups is 1. The summed E-state index contributed by atoms with van der Waals surface area (Å²) in [5.41, 5.74) is 1.24. The maximum Gasteiger partial charge on any atom is 0.0900 e. The number of benzene rings is 1. The second-order valence-corrected chi connectivity index (χ2v) is 6.38. The molecule has 2 rings (SSSR count). The maximum atomic E-state index is 9.95. The number of aliphatic hydroxyl groups excluding tert-OH is 1. The van der Waals surface area contributed by atoms with E-state index >= 15 is 0 Å². The van der Waals surface area contributed by atoms with Crippen molar-refractivity contribution >= 4 is 17.3 Å². The van der Waals surface area contributed by atoms with Gasteiger partial charge in [-0.25, -0.2) is 0 Å². The zero-order valence-corrected chi connectivity index (χ0v) is 14.3. The highest BCUT2D eigenvalue weighted by molar-refractivity contribution is 6.30. The Balaban J connectivity index is 1.77. The van der Waals surface area contributed by atoms with Gasteiger partial charge in [0, 0.05) is 43.0 Å². The standard InChI is InChI=1S/C17H27ClN2O2/c1-3-22-13-17(21)12-19(2)15-8-10-20(11-9-15)16-6-4-14(18)5-7-16/h4-7,15,17,21H,3,8-13H2,1-2H3/t17-/m1/s1. The number of ether oxygens (including phenoxy) is 1. The fraction of sp³-hybridized carbons (Fsp3) is 0.647. The van der Waals surface area contributed by atoms with Gasteiger partial charge in [0.15, 0.2) is 0 Å². The Labute approximate surface area is 138 Å². The highest BCUT2D eigenvalue weighted by Gasteiger charge is 2.23. The van der Waals surface area contributed by atoms with Gasteiger partial charge in [-0.15, -0.1) is 0 Å². The van der Waals surface area contributed by atoms with E-state index in [1.807, 2.05) is 19.1 Å². The van der Waals surface area contributed by atoms with Crippen LogP contribution in [0.3, 0.4) is 0 Å². The fourth-order valence-corrected chi connectivity index (χ4v) is 3.13. The molecule has 1 aromatic rings. The number of nitrogens with zero attached hydrogens (tertiary/aromatic N) is 2. The van der Waals surface area contributed by atoms with Crippen molar-refractivity contribution in [2.45, 2.75) is 31.9 Å². The third-order valence-electron chi connectivity index (χ3n) is 4.29. The normalized spacial score (nSPS) is 18.0. The van der Waals surface area contributed by atoms with Crippen molar-refractivity contribution in [3.8, 4) is 0 Å². The minimum absolute atomic E-state index is 0.403. The summed E-state index contributed by atoms with van der Waals surface area (Å²) in [5, 5.41) is 10.7. The molecular formula is C17H27ClN2O2. The summed E-state index contributed by atoms with van der Waals surface area (Å²) in [6, 6.07) is 8.58. The van der Waals surface area contributed by atoms with Crippen LogP contribution in [0.15, 0.2) is 24.3 Å². The van der Waals surface area contributed by atoms with E-state index in [-0.39, 0.29) is 0 Å². The molecule has 4 nitrogen and oxygen atoms in total. The van der Waals surface area contributed by atoms with Crippen LogP contribution in [0.1, 0.15) is 19.8 Å². The second-order valence-electron chi connectivity index (χ2n) is 5.95. The second kappa shape index (κ2) is 8.73. The number of halogens is 1. The molecule has 1 aliphatic rings. The zero-order valence-electron chi connectivity index (χ0n) is 13.5. The highest BCUT2D eigenvalue weighted by atomic mass is 35.5. The SMILES string of the molecule is CCOC[C@H](O)CN(C)C1CCN(c2ccc(Cl)cc2)CC1. The van der Waals surface area contributed by atoms with Gasteiger partial charge in [-0.1, -0.05) is 11.6 Å². The van der Waals surface area contributed by atoms with Crippen LogP contribution < -0.4 is 4.90 Å². The molecule has 0 saturated carbocycles. The van der Waals surface area contributed by atoms with Gasteiger partial charge >= 0.3 is 0 Å². The van der Waals surface area contributed by atoms with E-state index in [0.29, 0.717) is 25.8 Å². The molecule has 5 heteroatoms. The van der Waals surface area contributed by atoms with Crippen molar-refractivity contribution in [2.24, 2.45) is 0 Å². The quantitative estimate of drug-likeness (QED) is 0.835. The third-order valence-corrected chi connectivity index (χ3v) is 4.54. The predicted octanol–water partition coefficient (Wildman–Crippen LogP) is 2.64. The van der Waals surface area contributed by atoms with Crippen LogP contribution in [0, 0.1) is 0 Å². The molecule has 1 atom stereocenters. The van der Waals surface area contributed by atoms with E-state index < -0.39 is 6.10 Å². The molecule has 1 fully saturated rings. The summed E-state index contributed by atoms with van der Waals surface area (Å²) in [5.74, 6) is 0. The molecule has 22 heavy (non-hydrogen) atoms. The molecule has 0 unspecified atom stereocenters. The van der Waals surface area contributed by atoms with Crippen LogP contribution in [0.5, 0.6) is 0 Å². The van der Waals surface area contributed by atoms with Gasteiger partial charge in [-0.3, -0.25) is 0 Å². The van der Waals surface area contributed by atoms with E-state index in [9.17, 15) is 5.11 Å².